The summed E-state index contributed by atoms with van der Waals surface area (Å²) in [6, 6.07) is 0. The Bertz CT molecular complexity index is 248. The minimum Gasteiger partial charge on any atom is -0.478 e. The van der Waals surface area contributed by atoms with Gasteiger partial charge in [-0.3, -0.25) is 0 Å². The van der Waals surface area contributed by atoms with E-state index in [0.717, 1.165) is 0 Å². The van der Waals surface area contributed by atoms with Crippen LogP contribution in [0.2, 0.25) is 0 Å². The van der Waals surface area contributed by atoms with E-state index in [-0.39, 0.29) is 0 Å². The first-order valence-electron chi connectivity index (χ1n) is 2.93. The summed E-state index contributed by atoms with van der Waals surface area (Å²) in [7, 11) is 0. The van der Waals surface area contributed by atoms with Crippen molar-refractivity contribution in [2.45, 2.75) is 0 Å². The molecule has 1 heterocycles. The lowest BCUT2D eigenvalue weighted by molar-refractivity contribution is -0.134. The van der Waals surface area contributed by atoms with Gasteiger partial charge in [-0.05, 0) is 0 Å². The van der Waals surface area contributed by atoms with Crippen LogP contribution in [0.3, 0.4) is 0 Å². The number of aliphatic carboxylic acids is 2. The number of hydrogen-bond acceptors (Lipinski definition) is 5. The average molecular weight is 186 g/mol. The maximum atomic E-state index is 9.55. The van der Waals surface area contributed by atoms with Crippen LogP contribution in [-0.4, -0.2) is 42.8 Å². The minimum atomic E-state index is -1.26. The summed E-state index contributed by atoms with van der Waals surface area (Å²) >= 11 is 0. The van der Waals surface area contributed by atoms with Gasteiger partial charge in [-0.15, -0.1) is 10.2 Å². The molecule has 0 bridgehead atoms. The standard InChI is InChI=1S/C4H4O4.CH2N4/c5-3(6)1-2-4(7)8;1-2-4-5-3-1/h1-2H,(H,5,6)(H,7,8);1H,(H,2,3,4,5). The predicted molar refractivity (Wildman–Crippen MR) is 38.6 cm³/mol. The molecule has 0 atom stereocenters. The first-order chi connectivity index (χ1) is 6.13. The zero-order valence-electron chi connectivity index (χ0n) is 6.28. The van der Waals surface area contributed by atoms with Crippen LogP contribution < -0.4 is 0 Å². The SMILES string of the molecule is O=C(O)C=CC(=O)O.c1nn[nH]n1. The van der Waals surface area contributed by atoms with E-state index in [9.17, 15) is 9.59 Å². The number of nitrogens with one attached hydrogen (secondary N) is 1. The van der Waals surface area contributed by atoms with Gasteiger partial charge in [-0.25, -0.2) is 9.59 Å². The molecule has 8 heteroatoms. The minimum absolute atomic E-state index is 0.558. The summed E-state index contributed by atoms with van der Waals surface area (Å²) in [5, 5.41) is 27.8. The van der Waals surface area contributed by atoms with Gasteiger partial charge in [0.05, 0.1) is 0 Å². The molecule has 0 spiro atoms. The summed E-state index contributed by atoms with van der Waals surface area (Å²) in [4.78, 5) is 19.1. The number of carboxylic acid groups (broad SMARTS) is 2. The quantitative estimate of drug-likeness (QED) is 0.500. The number of carboxylic acids is 2. The van der Waals surface area contributed by atoms with Crippen molar-refractivity contribution in [2.75, 3.05) is 0 Å². The lowest BCUT2D eigenvalue weighted by Crippen LogP contribution is -1.91. The monoisotopic (exact) mass is 186 g/mol. The van der Waals surface area contributed by atoms with Crippen LogP contribution in [0.25, 0.3) is 0 Å². The molecule has 0 aliphatic carbocycles. The number of rotatable bonds is 2. The molecule has 1 aromatic heterocycles. The van der Waals surface area contributed by atoms with E-state index < -0.39 is 11.9 Å². The van der Waals surface area contributed by atoms with Gasteiger partial charge in [0.25, 0.3) is 0 Å². The van der Waals surface area contributed by atoms with Gasteiger partial charge < -0.3 is 10.2 Å². The van der Waals surface area contributed by atoms with Gasteiger partial charge in [0, 0.05) is 12.2 Å². The summed E-state index contributed by atoms with van der Waals surface area (Å²) in [6.07, 6.45) is 2.45. The van der Waals surface area contributed by atoms with E-state index in [0.29, 0.717) is 12.2 Å². The van der Waals surface area contributed by atoms with E-state index in [1.807, 2.05) is 0 Å². The fourth-order valence-electron chi connectivity index (χ4n) is 0.272. The van der Waals surface area contributed by atoms with E-state index in [1.165, 1.54) is 6.33 Å². The molecule has 13 heavy (non-hydrogen) atoms. The van der Waals surface area contributed by atoms with Crippen molar-refractivity contribution in [2.24, 2.45) is 0 Å². The average Bonchev–Trinajstić information content (AvgIpc) is 2.57. The highest BCUT2D eigenvalue weighted by Gasteiger charge is 1.88. The zero-order chi connectivity index (χ0) is 10.1. The summed E-state index contributed by atoms with van der Waals surface area (Å²) < 4.78 is 0. The normalized spacial score (nSPS) is 8.92. The van der Waals surface area contributed by atoms with Crippen molar-refractivity contribution >= 4 is 11.9 Å². The van der Waals surface area contributed by atoms with Crippen LogP contribution >= 0.6 is 0 Å². The van der Waals surface area contributed by atoms with Gasteiger partial charge in [0.2, 0.25) is 0 Å². The van der Waals surface area contributed by atoms with E-state index in [1.54, 1.807) is 0 Å². The summed E-state index contributed by atoms with van der Waals surface area (Å²) in [5.41, 5.74) is 0. The van der Waals surface area contributed by atoms with Crippen molar-refractivity contribution in [3.63, 3.8) is 0 Å². The fourth-order valence-corrected chi connectivity index (χ4v) is 0.272. The smallest absolute Gasteiger partial charge is 0.328 e. The van der Waals surface area contributed by atoms with E-state index in [2.05, 4.69) is 20.6 Å². The van der Waals surface area contributed by atoms with Crippen LogP contribution in [0.15, 0.2) is 18.5 Å². The fraction of sp³-hybridized carbons (Fsp3) is 0. The molecule has 0 unspecified atom stereocenters. The van der Waals surface area contributed by atoms with Gasteiger partial charge >= 0.3 is 11.9 Å². The molecule has 1 rings (SSSR count). The highest BCUT2D eigenvalue weighted by atomic mass is 16.4. The van der Waals surface area contributed by atoms with Crippen molar-refractivity contribution in [3.8, 4) is 0 Å². The summed E-state index contributed by atoms with van der Waals surface area (Å²) in [6.45, 7) is 0. The van der Waals surface area contributed by atoms with Crippen LogP contribution in [0, 0.1) is 0 Å². The van der Waals surface area contributed by atoms with Gasteiger partial charge in [0.15, 0.2) is 6.33 Å². The largest absolute Gasteiger partial charge is 0.478 e. The maximum absolute atomic E-state index is 9.55. The van der Waals surface area contributed by atoms with Crippen LogP contribution in [0.1, 0.15) is 0 Å². The molecule has 0 aliphatic heterocycles. The lowest BCUT2D eigenvalue weighted by atomic mass is 10.5. The highest BCUT2D eigenvalue weighted by Crippen LogP contribution is 1.70. The lowest BCUT2D eigenvalue weighted by Gasteiger charge is -1.74. The molecule has 0 fully saturated rings. The molecule has 0 aliphatic rings. The molecular formula is C5H6N4O4. The van der Waals surface area contributed by atoms with Crippen molar-refractivity contribution in [1.29, 1.82) is 0 Å². The number of aromatic nitrogens is 4. The molecule has 0 amide bonds. The first-order valence-corrected chi connectivity index (χ1v) is 2.93. The number of tetrazole rings is 1. The second-order valence-corrected chi connectivity index (χ2v) is 1.57. The predicted octanol–water partition coefficient (Wildman–Crippen LogP) is -1.09. The first kappa shape index (κ1) is 10.8. The summed E-state index contributed by atoms with van der Waals surface area (Å²) in [5.74, 6) is -2.51. The molecule has 3 N–H and O–H groups in total. The molecule has 1 aromatic rings. The van der Waals surface area contributed by atoms with E-state index >= 15 is 0 Å². The number of aromatic amines is 1. The Balaban J connectivity index is 0.000000243. The molecule has 8 nitrogen and oxygen atoms in total. The highest BCUT2D eigenvalue weighted by molar-refractivity contribution is 5.89. The Labute approximate surface area is 71.9 Å². The molecular weight excluding hydrogens is 180 g/mol. The van der Waals surface area contributed by atoms with Gasteiger partial charge in [-0.1, -0.05) is 5.21 Å². The molecule has 0 radical (unpaired) electrons. The second kappa shape index (κ2) is 6.46. The Morgan fingerprint density at radius 3 is 1.92 bits per heavy atom. The zero-order valence-corrected chi connectivity index (χ0v) is 6.28. The number of carbonyl (C=O) groups is 2. The Morgan fingerprint density at radius 1 is 1.23 bits per heavy atom. The van der Waals surface area contributed by atoms with Crippen molar-refractivity contribution in [3.05, 3.63) is 18.5 Å². The van der Waals surface area contributed by atoms with Gasteiger partial charge in [-0.2, -0.15) is 5.21 Å². The second-order valence-electron chi connectivity index (χ2n) is 1.57. The molecule has 0 aromatic carbocycles. The van der Waals surface area contributed by atoms with Crippen LogP contribution in [0.5, 0.6) is 0 Å². The Hall–Kier alpha value is -2.25. The van der Waals surface area contributed by atoms with Crippen LogP contribution in [0.4, 0.5) is 0 Å². The molecule has 70 valence electrons. The Kier molecular flexibility index (Phi) is 5.34. The molecule has 0 saturated heterocycles. The van der Waals surface area contributed by atoms with Crippen LogP contribution in [-0.2, 0) is 9.59 Å². The third-order valence-corrected chi connectivity index (χ3v) is 0.638. The third kappa shape index (κ3) is 9.75. The van der Waals surface area contributed by atoms with E-state index in [4.69, 9.17) is 10.2 Å². The van der Waals surface area contributed by atoms with Crippen molar-refractivity contribution in [1.82, 2.24) is 20.6 Å². The molecule has 0 saturated carbocycles. The maximum Gasteiger partial charge on any atom is 0.328 e. The number of hydrogen-bond donors (Lipinski definition) is 3. The number of H-pyrrole nitrogens is 1. The third-order valence-electron chi connectivity index (χ3n) is 0.638. The van der Waals surface area contributed by atoms with Crippen molar-refractivity contribution < 1.29 is 19.8 Å². The topological polar surface area (TPSA) is 129 Å². The number of nitrogens with zero attached hydrogens (tertiary/aromatic N) is 3. The van der Waals surface area contributed by atoms with Gasteiger partial charge in [0.1, 0.15) is 0 Å². The Morgan fingerprint density at radius 2 is 1.77 bits per heavy atom.